The Labute approximate surface area is 143 Å². The van der Waals surface area contributed by atoms with Crippen molar-refractivity contribution < 1.29 is 4.52 Å². The number of hydrogen-bond donors (Lipinski definition) is 1. The SMILES string of the molecule is Cc1ccc(Nc2nnc(SCc3c(C)noc3C)s2)cc1C. The van der Waals surface area contributed by atoms with Crippen molar-refractivity contribution in [1.82, 2.24) is 15.4 Å². The fourth-order valence-corrected chi connectivity index (χ4v) is 4.03. The topological polar surface area (TPSA) is 63.8 Å². The van der Waals surface area contributed by atoms with Gasteiger partial charge in [-0.15, -0.1) is 10.2 Å². The van der Waals surface area contributed by atoms with Crippen LogP contribution in [0.5, 0.6) is 0 Å². The summed E-state index contributed by atoms with van der Waals surface area (Å²) >= 11 is 3.20. The summed E-state index contributed by atoms with van der Waals surface area (Å²) in [5, 5.41) is 16.5. The molecule has 0 unspecified atom stereocenters. The van der Waals surface area contributed by atoms with E-state index in [1.807, 2.05) is 13.8 Å². The summed E-state index contributed by atoms with van der Waals surface area (Å²) in [6.07, 6.45) is 0. The van der Waals surface area contributed by atoms with Crippen LogP contribution in [-0.4, -0.2) is 15.4 Å². The molecule has 0 aliphatic heterocycles. The molecular weight excluding hydrogens is 328 g/mol. The zero-order valence-electron chi connectivity index (χ0n) is 13.5. The molecule has 2 heterocycles. The fourth-order valence-electron chi connectivity index (χ4n) is 2.10. The second-order valence-electron chi connectivity index (χ2n) is 5.39. The van der Waals surface area contributed by atoms with Gasteiger partial charge in [0.2, 0.25) is 5.13 Å². The number of hydrogen-bond acceptors (Lipinski definition) is 7. The molecule has 0 saturated heterocycles. The first-order chi connectivity index (χ1) is 11.0. The summed E-state index contributed by atoms with van der Waals surface area (Å²) in [6, 6.07) is 6.28. The van der Waals surface area contributed by atoms with Gasteiger partial charge in [0.05, 0.1) is 5.69 Å². The van der Waals surface area contributed by atoms with Crippen molar-refractivity contribution in [2.45, 2.75) is 37.8 Å². The summed E-state index contributed by atoms with van der Waals surface area (Å²) in [5.74, 6) is 1.66. The van der Waals surface area contributed by atoms with Crippen LogP contribution in [0, 0.1) is 27.7 Å². The maximum absolute atomic E-state index is 5.18. The van der Waals surface area contributed by atoms with Gasteiger partial charge in [-0.3, -0.25) is 0 Å². The monoisotopic (exact) mass is 346 g/mol. The predicted octanol–water partition coefficient (Wildman–Crippen LogP) is 4.80. The number of thioether (sulfide) groups is 1. The first-order valence-corrected chi connectivity index (χ1v) is 9.05. The van der Waals surface area contributed by atoms with E-state index in [1.165, 1.54) is 11.1 Å². The predicted molar refractivity (Wildman–Crippen MR) is 94.6 cm³/mol. The maximum Gasteiger partial charge on any atom is 0.210 e. The van der Waals surface area contributed by atoms with E-state index in [0.29, 0.717) is 0 Å². The van der Waals surface area contributed by atoms with Gasteiger partial charge in [-0.2, -0.15) is 0 Å². The summed E-state index contributed by atoms with van der Waals surface area (Å²) in [5.41, 5.74) is 5.64. The molecule has 0 bridgehead atoms. The number of aryl methyl sites for hydroxylation is 4. The normalized spacial score (nSPS) is 11.0. The smallest absolute Gasteiger partial charge is 0.210 e. The van der Waals surface area contributed by atoms with E-state index in [1.54, 1.807) is 23.1 Å². The molecule has 0 saturated carbocycles. The standard InChI is InChI=1S/C16H18N4OS2/c1-9-5-6-13(7-10(9)2)17-15-18-19-16(23-15)22-8-14-11(3)20-21-12(14)4/h5-7H,8H2,1-4H3,(H,17,18). The average Bonchev–Trinajstić information content (AvgIpc) is 3.08. The highest BCUT2D eigenvalue weighted by Crippen LogP contribution is 2.31. The molecule has 3 aromatic rings. The Morgan fingerprint density at radius 3 is 2.65 bits per heavy atom. The summed E-state index contributed by atoms with van der Waals surface area (Å²) in [6.45, 7) is 8.10. The molecule has 1 N–H and O–H groups in total. The van der Waals surface area contributed by atoms with Crippen molar-refractivity contribution >= 4 is 33.9 Å². The van der Waals surface area contributed by atoms with E-state index in [9.17, 15) is 0 Å². The Morgan fingerprint density at radius 1 is 1.13 bits per heavy atom. The molecule has 0 spiro atoms. The van der Waals surface area contributed by atoms with Gasteiger partial charge < -0.3 is 9.84 Å². The molecule has 1 aromatic carbocycles. The Balaban J connectivity index is 1.65. The van der Waals surface area contributed by atoms with Gasteiger partial charge in [0.1, 0.15) is 5.76 Å². The fraction of sp³-hybridized carbons (Fsp3) is 0.312. The highest BCUT2D eigenvalue weighted by atomic mass is 32.2. The van der Waals surface area contributed by atoms with E-state index >= 15 is 0 Å². The van der Waals surface area contributed by atoms with Gasteiger partial charge in [-0.25, -0.2) is 0 Å². The molecule has 0 amide bonds. The number of nitrogens with one attached hydrogen (secondary N) is 1. The van der Waals surface area contributed by atoms with Crippen molar-refractivity contribution in [3.8, 4) is 0 Å². The second-order valence-corrected chi connectivity index (χ2v) is 7.59. The quantitative estimate of drug-likeness (QED) is 0.670. The highest BCUT2D eigenvalue weighted by molar-refractivity contribution is 8.00. The van der Waals surface area contributed by atoms with Gasteiger partial charge in [0.25, 0.3) is 0 Å². The van der Waals surface area contributed by atoms with E-state index < -0.39 is 0 Å². The maximum atomic E-state index is 5.18. The molecular formula is C16H18N4OS2. The average molecular weight is 346 g/mol. The molecule has 0 aliphatic carbocycles. The van der Waals surface area contributed by atoms with Crippen LogP contribution in [0.1, 0.15) is 28.1 Å². The molecule has 3 rings (SSSR count). The second kappa shape index (κ2) is 6.72. The number of anilines is 2. The lowest BCUT2D eigenvalue weighted by atomic mass is 10.1. The first kappa shape index (κ1) is 16.0. The lowest BCUT2D eigenvalue weighted by molar-refractivity contribution is 0.392. The number of rotatable bonds is 5. The number of aromatic nitrogens is 3. The third-order valence-electron chi connectivity index (χ3n) is 3.69. The van der Waals surface area contributed by atoms with Crippen LogP contribution in [0.2, 0.25) is 0 Å². The van der Waals surface area contributed by atoms with Crippen molar-refractivity contribution in [3.05, 3.63) is 46.3 Å². The van der Waals surface area contributed by atoms with Crippen LogP contribution in [0.15, 0.2) is 27.1 Å². The molecule has 0 fully saturated rings. The summed E-state index contributed by atoms with van der Waals surface area (Å²) in [4.78, 5) is 0. The third-order valence-corrected chi connectivity index (χ3v) is 5.68. The highest BCUT2D eigenvalue weighted by Gasteiger charge is 2.11. The lowest BCUT2D eigenvalue weighted by Gasteiger charge is -2.05. The minimum Gasteiger partial charge on any atom is -0.361 e. The van der Waals surface area contributed by atoms with E-state index in [-0.39, 0.29) is 0 Å². The zero-order chi connectivity index (χ0) is 16.4. The largest absolute Gasteiger partial charge is 0.361 e. The first-order valence-electron chi connectivity index (χ1n) is 7.25. The summed E-state index contributed by atoms with van der Waals surface area (Å²) in [7, 11) is 0. The van der Waals surface area contributed by atoms with E-state index in [4.69, 9.17) is 4.52 Å². The number of benzene rings is 1. The van der Waals surface area contributed by atoms with Crippen molar-refractivity contribution in [2.75, 3.05) is 5.32 Å². The molecule has 0 aliphatic rings. The van der Waals surface area contributed by atoms with Crippen molar-refractivity contribution in [1.29, 1.82) is 0 Å². The molecule has 0 atom stereocenters. The van der Waals surface area contributed by atoms with Gasteiger partial charge >= 0.3 is 0 Å². The van der Waals surface area contributed by atoms with Crippen LogP contribution in [-0.2, 0) is 5.75 Å². The van der Waals surface area contributed by atoms with Gasteiger partial charge in [0.15, 0.2) is 4.34 Å². The summed E-state index contributed by atoms with van der Waals surface area (Å²) < 4.78 is 6.11. The van der Waals surface area contributed by atoms with E-state index in [2.05, 4.69) is 52.7 Å². The minimum absolute atomic E-state index is 0.791. The minimum atomic E-state index is 0.791. The van der Waals surface area contributed by atoms with Gasteiger partial charge in [-0.1, -0.05) is 34.3 Å². The lowest BCUT2D eigenvalue weighted by Crippen LogP contribution is -1.91. The van der Waals surface area contributed by atoms with Crippen LogP contribution >= 0.6 is 23.1 Å². The van der Waals surface area contributed by atoms with Crippen LogP contribution in [0.3, 0.4) is 0 Å². The zero-order valence-corrected chi connectivity index (χ0v) is 15.1. The Bertz CT molecular complexity index is 806. The Hall–Kier alpha value is -1.86. The van der Waals surface area contributed by atoms with Gasteiger partial charge in [0, 0.05) is 17.0 Å². The van der Waals surface area contributed by atoms with Crippen molar-refractivity contribution in [3.63, 3.8) is 0 Å². The molecule has 7 heteroatoms. The molecule has 2 aromatic heterocycles. The van der Waals surface area contributed by atoms with Crippen molar-refractivity contribution in [2.24, 2.45) is 0 Å². The molecule has 0 radical (unpaired) electrons. The third kappa shape index (κ3) is 3.73. The Morgan fingerprint density at radius 2 is 1.96 bits per heavy atom. The molecule has 5 nitrogen and oxygen atoms in total. The Kier molecular flexibility index (Phi) is 4.68. The van der Waals surface area contributed by atoms with Gasteiger partial charge in [-0.05, 0) is 51.0 Å². The van der Waals surface area contributed by atoms with Crippen LogP contribution < -0.4 is 5.32 Å². The van der Waals surface area contributed by atoms with E-state index in [0.717, 1.165) is 37.9 Å². The number of nitrogens with zero attached hydrogens (tertiary/aromatic N) is 3. The molecule has 120 valence electrons. The molecule has 23 heavy (non-hydrogen) atoms. The van der Waals surface area contributed by atoms with Crippen LogP contribution in [0.4, 0.5) is 10.8 Å². The van der Waals surface area contributed by atoms with Crippen LogP contribution in [0.25, 0.3) is 0 Å².